The van der Waals surface area contributed by atoms with Crippen molar-refractivity contribution < 1.29 is 4.74 Å². The number of aromatic nitrogens is 2. The molecule has 2 rings (SSSR count). The van der Waals surface area contributed by atoms with Gasteiger partial charge in [0, 0.05) is 18.6 Å². The van der Waals surface area contributed by atoms with Crippen LogP contribution in [-0.4, -0.2) is 24.1 Å². The fourth-order valence-electron chi connectivity index (χ4n) is 2.22. The molecule has 0 aliphatic rings. The van der Waals surface area contributed by atoms with Crippen LogP contribution >= 0.6 is 0 Å². The van der Waals surface area contributed by atoms with E-state index < -0.39 is 0 Å². The first-order valence-electron chi connectivity index (χ1n) is 6.39. The topological polar surface area (TPSA) is 47.0 Å². The van der Waals surface area contributed by atoms with Crippen LogP contribution < -0.4 is 10.1 Å². The van der Waals surface area contributed by atoms with Gasteiger partial charge in [0.2, 0.25) is 0 Å². The van der Waals surface area contributed by atoms with Gasteiger partial charge in [-0.3, -0.25) is 9.97 Å². The average molecular weight is 257 g/mol. The number of aryl methyl sites for hydroxylation is 1. The van der Waals surface area contributed by atoms with Gasteiger partial charge in [0.05, 0.1) is 19.3 Å². The third-order valence-electron chi connectivity index (χ3n) is 3.23. The van der Waals surface area contributed by atoms with Crippen molar-refractivity contribution in [1.29, 1.82) is 0 Å². The van der Waals surface area contributed by atoms with Gasteiger partial charge in [-0.25, -0.2) is 0 Å². The molecule has 2 aromatic rings. The fourth-order valence-corrected chi connectivity index (χ4v) is 2.22. The summed E-state index contributed by atoms with van der Waals surface area (Å²) in [6.07, 6.45) is 8.28. The van der Waals surface area contributed by atoms with E-state index in [4.69, 9.17) is 4.74 Å². The third-order valence-corrected chi connectivity index (χ3v) is 3.23. The highest BCUT2D eigenvalue weighted by atomic mass is 16.5. The summed E-state index contributed by atoms with van der Waals surface area (Å²) in [5.74, 6) is 0.768. The van der Waals surface area contributed by atoms with Crippen LogP contribution in [0.1, 0.15) is 29.7 Å². The van der Waals surface area contributed by atoms with Gasteiger partial charge in [-0.2, -0.15) is 0 Å². The lowest BCUT2D eigenvalue weighted by molar-refractivity contribution is 0.411. The molecule has 2 heterocycles. The zero-order chi connectivity index (χ0) is 13.7. The van der Waals surface area contributed by atoms with Crippen LogP contribution in [0.25, 0.3) is 0 Å². The van der Waals surface area contributed by atoms with Gasteiger partial charge >= 0.3 is 0 Å². The number of hydrogen-bond acceptors (Lipinski definition) is 4. The maximum Gasteiger partial charge on any atom is 0.137 e. The summed E-state index contributed by atoms with van der Waals surface area (Å²) < 4.78 is 5.24. The van der Waals surface area contributed by atoms with Gasteiger partial charge in [-0.15, -0.1) is 0 Å². The van der Waals surface area contributed by atoms with Crippen LogP contribution in [0.15, 0.2) is 36.9 Å². The monoisotopic (exact) mass is 257 g/mol. The highest BCUT2D eigenvalue weighted by Crippen LogP contribution is 2.26. The van der Waals surface area contributed by atoms with Crippen LogP contribution in [0, 0.1) is 0 Å². The first-order valence-corrected chi connectivity index (χ1v) is 6.39. The van der Waals surface area contributed by atoms with Gasteiger partial charge in [0.1, 0.15) is 5.75 Å². The Morgan fingerprint density at radius 1 is 1.26 bits per heavy atom. The predicted molar refractivity (Wildman–Crippen MR) is 75.3 cm³/mol. The zero-order valence-corrected chi connectivity index (χ0v) is 11.6. The summed E-state index contributed by atoms with van der Waals surface area (Å²) in [6, 6.07) is 4.16. The molecule has 19 heavy (non-hydrogen) atoms. The van der Waals surface area contributed by atoms with Crippen molar-refractivity contribution in [2.75, 3.05) is 14.2 Å². The smallest absolute Gasteiger partial charge is 0.137 e. The second-order valence-electron chi connectivity index (χ2n) is 4.31. The van der Waals surface area contributed by atoms with E-state index in [2.05, 4.69) is 28.3 Å². The van der Waals surface area contributed by atoms with Crippen LogP contribution in [-0.2, 0) is 6.42 Å². The normalized spacial score (nSPS) is 12.2. The Morgan fingerprint density at radius 3 is 2.79 bits per heavy atom. The van der Waals surface area contributed by atoms with E-state index in [1.54, 1.807) is 13.3 Å². The van der Waals surface area contributed by atoms with E-state index in [-0.39, 0.29) is 6.04 Å². The van der Waals surface area contributed by atoms with Crippen molar-refractivity contribution >= 4 is 0 Å². The molecule has 4 nitrogen and oxygen atoms in total. The third kappa shape index (κ3) is 2.90. The molecule has 0 aliphatic carbocycles. The quantitative estimate of drug-likeness (QED) is 0.893. The standard InChI is InChI=1S/C15H19N3O/c1-4-11-8-17-6-5-14(11)15(16-2)12-7-13(19-3)10-18-9-12/h5-10,15-16H,4H2,1-3H3. The molecule has 0 aromatic carbocycles. The van der Waals surface area contributed by atoms with E-state index in [1.807, 2.05) is 31.7 Å². The molecule has 0 fully saturated rings. The second-order valence-corrected chi connectivity index (χ2v) is 4.31. The Labute approximate surface area is 113 Å². The Morgan fingerprint density at radius 2 is 2.11 bits per heavy atom. The molecule has 100 valence electrons. The van der Waals surface area contributed by atoms with Gasteiger partial charge in [0.25, 0.3) is 0 Å². The van der Waals surface area contributed by atoms with Crippen molar-refractivity contribution in [3.05, 3.63) is 53.6 Å². The Balaban J connectivity index is 2.43. The Kier molecular flexibility index (Phi) is 4.47. The number of nitrogens with zero attached hydrogens (tertiary/aromatic N) is 2. The molecule has 4 heteroatoms. The van der Waals surface area contributed by atoms with Crippen LogP contribution in [0.4, 0.5) is 0 Å². The molecule has 2 aromatic heterocycles. The van der Waals surface area contributed by atoms with E-state index in [0.29, 0.717) is 0 Å². The number of nitrogens with one attached hydrogen (secondary N) is 1. The van der Waals surface area contributed by atoms with Gasteiger partial charge < -0.3 is 10.1 Å². The molecule has 1 unspecified atom stereocenters. The summed E-state index contributed by atoms with van der Waals surface area (Å²) in [4.78, 5) is 8.42. The Bertz CT molecular complexity index is 542. The summed E-state index contributed by atoms with van der Waals surface area (Å²) >= 11 is 0. The van der Waals surface area contributed by atoms with Crippen molar-refractivity contribution in [1.82, 2.24) is 15.3 Å². The molecule has 0 saturated heterocycles. The van der Waals surface area contributed by atoms with Gasteiger partial charge in [0.15, 0.2) is 0 Å². The lowest BCUT2D eigenvalue weighted by Gasteiger charge is -2.20. The second kappa shape index (κ2) is 6.29. The molecule has 0 spiro atoms. The number of methoxy groups -OCH3 is 1. The predicted octanol–water partition coefficient (Wildman–Crippen LogP) is 2.36. The summed E-state index contributed by atoms with van der Waals surface area (Å²) in [5.41, 5.74) is 3.56. The highest BCUT2D eigenvalue weighted by Gasteiger charge is 2.16. The maximum absolute atomic E-state index is 5.24. The lowest BCUT2D eigenvalue weighted by Crippen LogP contribution is -2.19. The molecule has 0 bridgehead atoms. The largest absolute Gasteiger partial charge is 0.495 e. The van der Waals surface area contributed by atoms with E-state index in [9.17, 15) is 0 Å². The molecular weight excluding hydrogens is 238 g/mol. The summed E-state index contributed by atoms with van der Waals surface area (Å²) in [7, 11) is 3.60. The number of hydrogen-bond donors (Lipinski definition) is 1. The Hall–Kier alpha value is -1.94. The van der Waals surface area contributed by atoms with Crippen molar-refractivity contribution in [3.8, 4) is 5.75 Å². The number of rotatable bonds is 5. The summed E-state index contributed by atoms with van der Waals surface area (Å²) in [5, 5.41) is 3.34. The molecule has 0 saturated carbocycles. The van der Waals surface area contributed by atoms with E-state index >= 15 is 0 Å². The van der Waals surface area contributed by atoms with E-state index in [1.165, 1.54) is 11.1 Å². The van der Waals surface area contributed by atoms with Gasteiger partial charge in [-0.1, -0.05) is 6.92 Å². The zero-order valence-electron chi connectivity index (χ0n) is 11.6. The first-order chi connectivity index (χ1) is 9.30. The highest BCUT2D eigenvalue weighted by molar-refractivity contribution is 5.37. The molecule has 0 radical (unpaired) electrons. The van der Waals surface area contributed by atoms with Gasteiger partial charge in [-0.05, 0) is 42.3 Å². The molecule has 0 amide bonds. The van der Waals surface area contributed by atoms with E-state index in [0.717, 1.165) is 17.7 Å². The van der Waals surface area contributed by atoms with Crippen molar-refractivity contribution in [2.24, 2.45) is 0 Å². The average Bonchev–Trinajstić information content (AvgIpc) is 2.49. The molecule has 0 aliphatic heterocycles. The minimum Gasteiger partial charge on any atom is -0.495 e. The summed E-state index contributed by atoms with van der Waals surface area (Å²) in [6.45, 7) is 2.14. The number of ether oxygens (including phenoxy) is 1. The fraction of sp³-hybridized carbons (Fsp3) is 0.333. The van der Waals surface area contributed by atoms with Crippen molar-refractivity contribution in [3.63, 3.8) is 0 Å². The minimum absolute atomic E-state index is 0.0977. The number of pyridine rings is 2. The molecular formula is C15H19N3O. The van der Waals surface area contributed by atoms with Crippen LogP contribution in [0.3, 0.4) is 0 Å². The maximum atomic E-state index is 5.24. The molecule has 1 N–H and O–H groups in total. The van der Waals surface area contributed by atoms with Crippen molar-refractivity contribution in [2.45, 2.75) is 19.4 Å². The van der Waals surface area contributed by atoms with Crippen LogP contribution in [0.5, 0.6) is 5.75 Å². The van der Waals surface area contributed by atoms with Crippen LogP contribution in [0.2, 0.25) is 0 Å². The SMILES string of the molecule is CCc1cnccc1C(NC)c1cncc(OC)c1. The molecule has 1 atom stereocenters. The lowest BCUT2D eigenvalue weighted by atomic mass is 9.96. The first kappa shape index (κ1) is 13.5. The minimum atomic E-state index is 0.0977.